The number of nitrogens with zero attached hydrogens (tertiary/aromatic N) is 2. The Morgan fingerprint density at radius 1 is 1.18 bits per heavy atom. The largest absolute Gasteiger partial charge is 0.355 e. The summed E-state index contributed by atoms with van der Waals surface area (Å²) in [5.74, 6) is -0.0876. The van der Waals surface area contributed by atoms with E-state index in [1.165, 1.54) is 4.90 Å². The summed E-state index contributed by atoms with van der Waals surface area (Å²) in [7, 11) is 3.69. The Balaban J connectivity index is 0.00000441. The van der Waals surface area contributed by atoms with Crippen molar-refractivity contribution in [2.75, 3.05) is 46.8 Å². The molecule has 1 fully saturated rings. The quantitative estimate of drug-likeness (QED) is 0.710. The zero-order chi connectivity index (χ0) is 15.7. The molecule has 0 saturated carbocycles. The van der Waals surface area contributed by atoms with Gasteiger partial charge in [0.15, 0.2) is 0 Å². The van der Waals surface area contributed by atoms with Crippen LogP contribution in [0.4, 0.5) is 0 Å². The number of likely N-dealkylation sites (N-methyl/N-ethyl adjacent to an activating group) is 2. The van der Waals surface area contributed by atoms with Gasteiger partial charge in [-0.25, -0.2) is 0 Å². The standard InChI is InChI=1S/C15H30N4O2.ClH/c1-4-8-17-14(20)11-19(3)15(21)12-18(2)13-6-5-9-16-10-7-13;/h13,16H,4-12H2,1-3H3,(H,17,20);1H. The van der Waals surface area contributed by atoms with Crippen LogP contribution in [0.25, 0.3) is 0 Å². The van der Waals surface area contributed by atoms with Crippen molar-refractivity contribution in [3.05, 3.63) is 0 Å². The molecule has 0 radical (unpaired) electrons. The second-order valence-electron chi connectivity index (χ2n) is 5.85. The van der Waals surface area contributed by atoms with Crippen LogP contribution < -0.4 is 10.6 Å². The van der Waals surface area contributed by atoms with Crippen LogP contribution in [0.3, 0.4) is 0 Å². The van der Waals surface area contributed by atoms with Crippen LogP contribution >= 0.6 is 12.4 Å². The van der Waals surface area contributed by atoms with Crippen LogP contribution in [0.15, 0.2) is 0 Å². The number of carbonyl (C=O) groups is 2. The van der Waals surface area contributed by atoms with Gasteiger partial charge in [-0.05, 0) is 45.8 Å². The van der Waals surface area contributed by atoms with E-state index in [1.54, 1.807) is 7.05 Å². The van der Waals surface area contributed by atoms with Crippen LogP contribution in [0, 0.1) is 0 Å². The van der Waals surface area contributed by atoms with Gasteiger partial charge in [-0.3, -0.25) is 14.5 Å². The van der Waals surface area contributed by atoms with Crippen molar-refractivity contribution in [1.29, 1.82) is 0 Å². The average Bonchev–Trinajstić information content (AvgIpc) is 2.73. The lowest BCUT2D eigenvalue weighted by atomic mass is 10.1. The van der Waals surface area contributed by atoms with Crippen LogP contribution in [-0.2, 0) is 9.59 Å². The van der Waals surface area contributed by atoms with Crippen molar-refractivity contribution >= 4 is 24.2 Å². The molecule has 2 N–H and O–H groups in total. The Hall–Kier alpha value is -0.850. The summed E-state index contributed by atoms with van der Waals surface area (Å²) in [4.78, 5) is 27.4. The van der Waals surface area contributed by atoms with Gasteiger partial charge < -0.3 is 15.5 Å². The molecule has 0 spiro atoms. The molecule has 0 aliphatic carbocycles. The fraction of sp³-hybridized carbons (Fsp3) is 0.867. The van der Waals surface area contributed by atoms with Gasteiger partial charge in [0.2, 0.25) is 11.8 Å². The highest BCUT2D eigenvalue weighted by Crippen LogP contribution is 2.11. The van der Waals surface area contributed by atoms with E-state index in [9.17, 15) is 9.59 Å². The maximum atomic E-state index is 12.2. The lowest BCUT2D eigenvalue weighted by molar-refractivity contribution is -0.135. The maximum absolute atomic E-state index is 12.2. The monoisotopic (exact) mass is 334 g/mol. The van der Waals surface area contributed by atoms with Crippen molar-refractivity contribution in [1.82, 2.24) is 20.4 Å². The molecule has 0 aromatic heterocycles. The Labute approximate surface area is 140 Å². The molecular weight excluding hydrogens is 304 g/mol. The second-order valence-corrected chi connectivity index (χ2v) is 5.85. The van der Waals surface area contributed by atoms with E-state index in [-0.39, 0.29) is 30.8 Å². The Kier molecular flexibility index (Phi) is 11.2. The topological polar surface area (TPSA) is 64.7 Å². The van der Waals surface area contributed by atoms with Gasteiger partial charge in [0, 0.05) is 19.6 Å². The van der Waals surface area contributed by atoms with Crippen LogP contribution in [0.5, 0.6) is 0 Å². The number of carbonyl (C=O) groups excluding carboxylic acids is 2. The summed E-state index contributed by atoms with van der Waals surface area (Å²) >= 11 is 0. The first-order chi connectivity index (χ1) is 10.0. The smallest absolute Gasteiger partial charge is 0.239 e. The lowest BCUT2D eigenvalue weighted by Gasteiger charge is -2.28. The molecule has 2 amide bonds. The van der Waals surface area contributed by atoms with Gasteiger partial charge in [-0.2, -0.15) is 0 Å². The van der Waals surface area contributed by atoms with Crippen molar-refractivity contribution in [3.8, 4) is 0 Å². The first kappa shape index (κ1) is 21.1. The van der Waals surface area contributed by atoms with Crippen LogP contribution in [-0.4, -0.2) is 74.5 Å². The summed E-state index contributed by atoms with van der Waals surface area (Å²) in [6.45, 7) is 5.26. The summed E-state index contributed by atoms with van der Waals surface area (Å²) < 4.78 is 0. The summed E-state index contributed by atoms with van der Waals surface area (Å²) in [5, 5.41) is 6.17. The number of nitrogens with one attached hydrogen (secondary N) is 2. The minimum absolute atomic E-state index is 0. The van der Waals surface area contributed by atoms with E-state index in [4.69, 9.17) is 0 Å². The molecule has 1 heterocycles. The summed E-state index contributed by atoms with van der Waals surface area (Å²) in [5.41, 5.74) is 0. The molecule has 1 aliphatic rings. The minimum Gasteiger partial charge on any atom is -0.355 e. The third-order valence-corrected chi connectivity index (χ3v) is 3.93. The highest BCUT2D eigenvalue weighted by Gasteiger charge is 2.21. The van der Waals surface area contributed by atoms with E-state index in [1.807, 2.05) is 14.0 Å². The Morgan fingerprint density at radius 3 is 2.59 bits per heavy atom. The van der Waals surface area contributed by atoms with Crippen LogP contribution in [0.1, 0.15) is 32.6 Å². The zero-order valence-electron chi connectivity index (χ0n) is 14.1. The summed E-state index contributed by atoms with van der Waals surface area (Å²) in [6, 6.07) is 0.450. The molecular formula is C15H31ClN4O2. The fourth-order valence-electron chi connectivity index (χ4n) is 2.53. The molecule has 7 heteroatoms. The highest BCUT2D eigenvalue weighted by molar-refractivity contribution is 5.85. The lowest BCUT2D eigenvalue weighted by Crippen LogP contribution is -2.45. The average molecular weight is 335 g/mol. The van der Waals surface area contributed by atoms with E-state index < -0.39 is 0 Å². The maximum Gasteiger partial charge on any atom is 0.239 e. The predicted molar refractivity (Wildman–Crippen MR) is 91.3 cm³/mol. The molecule has 22 heavy (non-hydrogen) atoms. The normalized spacial score (nSPS) is 18.3. The number of hydrogen-bond acceptors (Lipinski definition) is 4. The minimum atomic E-state index is -0.0889. The summed E-state index contributed by atoms with van der Waals surface area (Å²) in [6.07, 6.45) is 4.25. The molecule has 0 aromatic rings. The number of halogens is 1. The molecule has 1 saturated heterocycles. The fourth-order valence-corrected chi connectivity index (χ4v) is 2.53. The van der Waals surface area contributed by atoms with Gasteiger partial charge in [-0.15, -0.1) is 12.4 Å². The van der Waals surface area contributed by atoms with Crippen molar-refractivity contribution in [3.63, 3.8) is 0 Å². The van der Waals surface area contributed by atoms with Crippen molar-refractivity contribution in [2.24, 2.45) is 0 Å². The third-order valence-electron chi connectivity index (χ3n) is 3.93. The van der Waals surface area contributed by atoms with E-state index in [0.29, 0.717) is 19.1 Å². The first-order valence-electron chi connectivity index (χ1n) is 7.96. The van der Waals surface area contributed by atoms with E-state index in [0.717, 1.165) is 38.8 Å². The number of hydrogen-bond donors (Lipinski definition) is 2. The molecule has 1 unspecified atom stereocenters. The molecule has 1 rings (SSSR count). The molecule has 0 aromatic carbocycles. The Bertz CT molecular complexity index is 334. The van der Waals surface area contributed by atoms with E-state index >= 15 is 0 Å². The second kappa shape index (κ2) is 11.7. The molecule has 6 nitrogen and oxygen atoms in total. The zero-order valence-corrected chi connectivity index (χ0v) is 14.9. The van der Waals surface area contributed by atoms with E-state index in [2.05, 4.69) is 15.5 Å². The highest BCUT2D eigenvalue weighted by atomic mass is 35.5. The van der Waals surface area contributed by atoms with Crippen molar-refractivity contribution in [2.45, 2.75) is 38.6 Å². The number of rotatable bonds is 7. The van der Waals surface area contributed by atoms with Crippen molar-refractivity contribution < 1.29 is 9.59 Å². The van der Waals surface area contributed by atoms with Gasteiger partial charge in [-0.1, -0.05) is 6.92 Å². The Morgan fingerprint density at radius 2 is 1.91 bits per heavy atom. The molecule has 1 aliphatic heterocycles. The molecule has 0 bridgehead atoms. The third kappa shape index (κ3) is 7.96. The predicted octanol–water partition coefficient (Wildman–Crippen LogP) is 0.467. The van der Waals surface area contributed by atoms with Crippen LogP contribution in [0.2, 0.25) is 0 Å². The van der Waals surface area contributed by atoms with Gasteiger partial charge in [0.25, 0.3) is 0 Å². The first-order valence-corrected chi connectivity index (χ1v) is 7.96. The van der Waals surface area contributed by atoms with Gasteiger partial charge in [0.05, 0.1) is 13.1 Å². The van der Waals surface area contributed by atoms with Gasteiger partial charge >= 0.3 is 0 Å². The van der Waals surface area contributed by atoms with Gasteiger partial charge in [0.1, 0.15) is 0 Å². The SMILES string of the molecule is CCCNC(=O)CN(C)C(=O)CN(C)C1CCCNCC1.Cl. The molecule has 1 atom stereocenters. The molecule has 130 valence electrons. The number of amides is 2.